The molecule has 53 valence electrons. The van der Waals surface area contributed by atoms with E-state index in [2.05, 4.69) is 9.97 Å². The van der Waals surface area contributed by atoms with Gasteiger partial charge in [0.2, 0.25) is 0 Å². The molecule has 0 atom stereocenters. The van der Waals surface area contributed by atoms with Crippen LogP contribution in [0.1, 0.15) is 5.69 Å². The van der Waals surface area contributed by atoms with Gasteiger partial charge in [-0.2, -0.15) is 13.2 Å². The second-order valence-electron chi connectivity index (χ2n) is 1.53. The van der Waals surface area contributed by atoms with Crippen LogP contribution in [0.5, 0.6) is 0 Å². The van der Waals surface area contributed by atoms with Crippen LogP contribution in [0, 0.1) is 6.20 Å². The van der Waals surface area contributed by atoms with Crippen molar-refractivity contribution in [1.82, 2.24) is 9.97 Å². The molecule has 0 spiro atoms. The van der Waals surface area contributed by atoms with Gasteiger partial charge in [0.1, 0.15) is 12.0 Å². The molecule has 0 aromatic carbocycles. The molecule has 1 aromatic heterocycles. The van der Waals surface area contributed by atoms with Gasteiger partial charge < -0.3 is 0 Å². The highest BCUT2D eigenvalue weighted by molar-refractivity contribution is 5.00. The van der Waals surface area contributed by atoms with Crippen LogP contribution in [-0.4, -0.2) is 9.97 Å². The Kier molecular flexibility index (Phi) is 1.57. The summed E-state index contributed by atoms with van der Waals surface area (Å²) in [4.78, 5) is 6.21. The molecule has 0 bridgehead atoms. The van der Waals surface area contributed by atoms with Gasteiger partial charge in [0.15, 0.2) is 0 Å². The van der Waals surface area contributed by atoms with Crippen molar-refractivity contribution in [3.05, 3.63) is 24.3 Å². The highest BCUT2D eigenvalue weighted by Gasteiger charge is 2.31. The first-order chi connectivity index (χ1) is 4.61. The summed E-state index contributed by atoms with van der Waals surface area (Å²) in [5.74, 6) is 0. The number of rotatable bonds is 0. The predicted octanol–water partition coefficient (Wildman–Crippen LogP) is 1.30. The summed E-state index contributed by atoms with van der Waals surface area (Å²) in [5, 5.41) is 0. The minimum absolute atomic E-state index is 0.694. The zero-order chi connectivity index (χ0) is 7.61. The van der Waals surface area contributed by atoms with Gasteiger partial charge in [0.25, 0.3) is 0 Å². The van der Waals surface area contributed by atoms with Crippen LogP contribution in [0.2, 0.25) is 0 Å². The molecule has 0 aliphatic carbocycles. The third-order valence-corrected chi connectivity index (χ3v) is 0.821. The molecule has 1 heterocycles. The molecule has 0 aliphatic rings. The largest absolute Gasteiger partial charge is 0.433 e. The Hall–Kier alpha value is -1.13. The smallest absolute Gasteiger partial charge is 0.235 e. The molecule has 2 nitrogen and oxygen atoms in total. The quantitative estimate of drug-likeness (QED) is 0.552. The maximum atomic E-state index is 11.7. The lowest BCUT2D eigenvalue weighted by Gasteiger charge is -2.01. The predicted molar refractivity (Wildman–Crippen MR) is 25.9 cm³/mol. The molecule has 1 rings (SSSR count). The van der Waals surface area contributed by atoms with Crippen molar-refractivity contribution in [2.45, 2.75) is 6.18 Å². The summed E-state index contributed by atoms with van der Waals surface area (Å²) in [6, 6.07) is 0.694. The molecule has 0 aliphatic heterocycles. The molecule has 0 fully saturated rings. The van der Waals surface area contributed by atoms with Crippen LogP contribution in [0.4, 0.5) is 13.2 Å². The van der Waals surface area contributed by atoms with E-state index in [4.69, 9.17) is 0 Å². The fraction of sp³-hybridized carbons (Fsp3) is 0.200. The molecule has 1 aromatic rings. The van der Waals surface area contributed by atoms with E-state index in [1.807, 2.05) is 6.20 Å². The van der Waals surface area contributed by atoms with Crippen molar-refractivity contribution < 1.29 is 13.2 Å². The van der Waals surface area contributed by atoms with E-state index in [9.17, 15) is 13.2 Å². The van der Waals surface area contributed by atoms with Crippen LogP contribution in [0.15, 0.2) is 12.4 Å². The first kappa shape index (κ1) is 6.98. The van der Waals surface area contributed by atoms with Gasteiger partial charge in [-0.1, -0.05) is 0 Å². The highest BCUT2D eigenvalue weighted by atomic mass is 19.4. The van der Waals surface area contributed by atoms with Crippen molar-refractivity contribution >= 4 is 0 Å². The SMILES string of the molecule is FC(F)(F)c1c[c]ncn1. The van der Waals surface area contributed by atoms with Crippen LogP contribution in [0.3, 0.4) is 0 Å². The monoisotopic (exact) mass is 147 g/mol. The fourth-order valence-corrected chi connectivity index (χ4v) is 0.415. The lowest BCUT2D eigenvalue weighted by atomic mass is 10.4. The number of alkyl halides is 3. The maximum Gasteiger partial charge on any atom is 0.433 e. The molecule has 0 unspecified atom stereocenters. The van der Waals surface area contributed by atoms with Crippen molar-refractivity contribution in [2.24, 2.45) is 0 Å². The Morgan fingerprint density at radius 3 is 2.40 bits per heavy atom. The minimum Gasteiger partial charge on any atom is -0.235 e. The normalized spacial score (nSPS) is 11.5. The van der Waals surface area contributed by atoms with E-state index in [1.54, 1.807) is 0 Å². The average molecular weight is 147 g/mol. The van der Waals surface area contributed by atoms with E-state index >= 15 is 0 Å². The summed E-state index contributed by atoms with van der Waals surface area (Å²) in [7, 11) is 0. The first-order valence-electron chi connectivity index (χ1n) is 2.36. The number of hydrogen-bond acceptors (Lipinski definition) is 2. The maximum absolute atomic E-state index is 11.7. The second kappa shape index (κ2) is 2.24. The number of aromatic nitrogens is 2. The Balaban J connectivity index is 2.97. The lowest BCUT2D eigenvalue weighted by Crippen LogP contribution is -2.07. The zero-order valence-corrected chi connectivity index (χ0v) is 4.68. The molecule has 5 heteroatoms. The first-order valence-corrected chi connectivity index (χ1v) is 2.36. The lowest BCUT2D eigenvalue weighted by molar-refractivity contribution is -0.141. The Bertz CT molecular complexity index is 206. The molecular formula is C5H2F3N2. The molecule has 0 N–H and O–H groups in total. The van der Waals surface area contributed by atoms with Gasteiger partial charge in [-0.25, -0.2) is 9.97 Å². The Morgan fingerprint density at radius 2 is 2.10 bits per heavy atom. The van der Waals surface area contributed by atoms with Crippen molar-refractivity contribution in [3.63, 3.8) is 0 Å². The highest BCUT2D eigenvalue weighted by Crippen LogP contribution is 2.25. The minimum atomic E-state index is -4.39. The molecule has 0 saturated carbocycles. The van der Waals surface area contributed by atoms with Gasteiger partial charge in [-0.15, -0.1) is 0 Å². The number of nitrogens with zero attached hydrogens (tertiary/aromatic N) is 2. The molecule has 0 amide bonds. The van der Waals surface area contributed by atoms with Gasteiger partial charge in [0, 0.05) is 0 Å². The molecular weight excluding hydrogens is 145 g/mol. The van der Waals surface area contributed by atoms with E-state index in [0.717, 1.165) is 6.33 Å². The number of halogens is 3. The van der Waals surface area contributed by atoms with E-state index in [0.29, 0.717) is 6.07 Å². The topological polar surface area (TPSA) is 25.8 Å². The summed E-state index contributed by atoms with van der Waals surface area (Å²) in [5.41, 5.74) is -0.970. The van der Waals surface area contributed by atoms with Crippen molar-refractivity contribution in [1.29, 1.82) is 0 Å². The standard InChI is InChI=1S/C5H2F3N2/c6-5(7,8)4-1-2-9-3-10-4/h1,3H. The third kappa shape index (κ3) is 1.43. The summed E-state index contributed by atoms with van der Waals surface area (Å²) < 4.78 is 35.0. The second-order valence-corrected chi connectivity index (χ2v) is 1.53. The van der Waals surface area contributed by atoms with Crippen LogP contribution >= 0.6 is 0 Å². The van der Waals surface area contributed by atoms with E-state index in [1.165, 1.54) is 0 Å². The van der Waals surface area contributed by atoms with E-state index < -0.39 is 11.9 Å². The van der Waals surface area contributed by atoms with Gasteiger partial charge >= 0.3 is 6.18 Å². The fourth-order valence-electron chi connectivity index (χ4n) is 0.415. The van der Waals surface area contributed by atoms with Crippen molar-refractivity contribution in [2.75, 3.05) is 0 Å². The molecule has 10 heavy (non-hydrogen) atoms. The Morgan fingerprint density at radius 1 is 1.40 bits per heavy atom. The van der Waals surface area contributed by atoms with Crippen LogP contribution in [0.25, 0.3) is 0 Å². The molecule has 1 radical (unpaired) electrons. The van der Waals surface area contributed by atoms with Gasteiger partial charge in [-0.3, -0.25) is 0 Å². The van der Waals surface area contributed by atoms with Gasteiger partial charge in [-0.05, 0) is 6.07 Å². The van der Waals surface area contributed by atoms with Crippen molar-refractivity contribution in [3.8, 4) is 0 Å². The third-order valence-electron chi connectivity index (χ3n) is 0.821. The molecule has 0 saturated heterocycles. The zero-order valence-electron chi connectivity index (χ0n) is 4.68. The number of hydrogen-bond donors (Lipinski definition) is 0. The van der Waals surface area contributed by atoms with Gasteiger partial charge in [0.05, 0.1) is 6.20 Å². The van der Waals surface area contributed by atoms with Crippen LogP contribution < -0.4 is 0 Å². The summed E-state index contributed by atoms with van der Waals surface area (Å²) in [6.45, 7) is 0. The Labute approximate surface area is 54.7 Å². The van der Waals surface area contributed by atoms with Crippen LogP contribution in [-0.2, 0) is 6.18 Å². The summed E-state index contributed by atoms with van der Waals surface area (Å²) in [6.07, 6.45) is -1.55. The summed E-state index contributed by atoms with van der Waals surface area (Å²) >= 11 is 0. The van der Waals surface area contributed by atoms with E-state index in [-0.39, 0.29) is 0 Å². The average Bonchev–Trinajstić information content (AvgIpc) is 1.88.